The Balaban J connectivity index is 3.15. The maximum atomic E-state index is 12.2. The average Bonchev–Trinajstić information content (AvgIpc) is 2.47. The molecule has 0 spiro atoms. The number of rotatable bonds is 6. The van der Waals surface area contributed by atoms with Crippen LogP contribution in [0.3, 0.4) is 0 Å². The normalized spacial score (nSPS) is 13.0. The van der Waals surface area contributed by atoms with Crippen LogP contribution in [0.15, 0.2) is 12.3 Å². The number of carboxylic acids is 1. The molecule has 1 aromatic rings. The predicted molar refractivity (Wildman–Crippen MR) is 73.7 cm³/mol. The molecule has 0 aliphatic rings. The summed E-state index contributed by atoms with van der Waals surface area (Å²) in [5.41, 5.74) is -0.972. The highest BCUT2D eigenvalue weighted by Crippen LogP contribution is 2.13. The zero-order chi connectivity index (χ0) is 16.0. The van der Waals surface area contributed by atoms with Gasteiger partial charge >= 0.3 is 5.97 Å². The number of hydrogen-bond acceptors (Lipinski definition) is 5. The van der Waals surface area contributed by atoms with Gasteiger partial charge in [0.1, 0.15) is 11.2 Å². The van der Waals surface area contributed by atoms with E-state index in [4.69, 9.17) is 10.00 Å². The predicted octanol–water partition coefficient (Wildman–Crippen LogP) is 1.35. The molecule has 1 atom stereocenters. The molecule has 0 aliphatic heterocycles. The van der Waals surface area contributed by atoms with Gasteiger partial charge in [-0.1, -0.05) is 6.92 Å². The molecular formula is C14H17N3O4. The molecular weight excluding hydrogens is 274 g/mol. The molecule has 2 N–H and O–H groups in total. The fraction of sp³-hybridized carbons (Fsp3) is 0.429. The fourth-order valence-electron chi connectivity index (χ4n) is 1.60. The Hall–Kier alpha value is -2.46. The minimum atomic E-state index is -1.26. The Kier molecular flexibility index (Phi) is 5.38. The van der Waals surface area contributed by atoms with Gasteiger partial charge in [0, 0.05) is 13.3 Å². The number of carbonyl (C=O) groups excluding carboxylic acids is 1. The summed E-state index contributed by atoms with van der Waals surface area (Å²) in [6.45, 7) is 3.50. The third kappa shape index (κ3) is 4.00. The number of nitrogens with zero attached hydrogens (tertiary/aromatic N) is 2. The van der Waals surface area contributed by atoms with E-state index in [0.29, 0.717) is 12.0 Å². The second-order valence-corrected chi connectivity index (χ2v) is 4.73. The van der Waals surface area contributed by atoms with E-state index >= 15 is 0 Å². The van der Waals surface area contributed by atoms with Crippen LogP contribution in [0.5, 0.6) is 0 Å². The summed E-state index contributed by atoms with van der Waals surface area (Å²) in [5, 5.41) is 20.7. The van der Waals surface area contributed by atoms with Crippen molar-refractivity contribution in [2.45, 2.75) is 32.4 Å². The van der Waals surface area contributed by atoms with Gasteiger partial charge in [-0.25, -0.2) is 9.78 Å². The molecule has 1 heterocycles. The van der Waals surface area contributed by atoms with Crippen LogP contribution < -0.4 is 5.32 Å². The Morgan fingerprint density at radius 3 is 2.71 bits per heavy atom. The van der Waals surface area contributed by atoms with Gasteiger partial charge < -0.3 is 15.2 Å². The smallest absolute Gasteiger partial charge is 0.338 e. The van der Waals surface area contributed by atoms with Gasteiger partial charge in [0.25, 0.3) is 5.91 Å². The van der Waals surface area contributed by atoms with Crippen LogP contribution in [-0.4, -0.2) is 34.6 Å². The van der Waals surface area contributed by atoms with E-state index in [1.54, 1.807) is 13.8 Å². The van der Waals surface area contributed by atoms with Gasteiger partial charge in [0.15, 0.2) is 0 Å². The number of aromatic nitrogens is 1. The van der Waals surface area contributed by atoms with E-state index in [-0.39, 0.29) is 17.9 Å². The lowest BCUT2D eigenvalue weighted by atomic mass is 10.0. The molecule has 1 rings (SSSR count). The number of amides is 1. The summed E-state index contributed by atoms with van der Waals surface area (Å²) in [7, 11) is 1.47. The number of pyridine rings is 1. The van der Waals surface area contributed by atoms with Crippen molar-refractivity contribution < 1.29 is 19.4 Å². The van der Waals surface area contributed by atoms with Crippen molar-refractivity contribution in [3.05, 3.63) is 29.1 Å². The molecule has 21 heavy (non-hydrogen) atoms. The van der Waals surface area contributed by atoms with Gasteiger partial charge in [-0.2, -0.15) is 5.26 Å². The van der Waals surface area contributed by atoms with Crippen LogP contribution in [0.2, 0.25) is 0 Å². The topological polar surface area (TPSA) is 112 Å². The monoisotopic (exact) mass is 291 g/mol. The SMILES string of the molecule is CCC(C)(C#N)NC(=O)c1ncc(COC)cc1C(=O)O. The number of hydrogen-bond donors (Lipinski definition) is 2. The minimum absolute atomic E-state index is 0.194. The summed E-state index contributed by atoms with van der Waals surface area (Å²) < 4.78 is 4.90. The van der Waals surface area contributed by atoms with Crippen LogP contribution in [0, 0.1) is 11.3 Å². The van der Waals surface area contributed by atoms with E-state index in [9.17, 15) is 14.7 Å². The number of carbonyl (C=O) groups is 2. The van der Waals surface area contributed by atoms with Crippen molar-refractivity contribution in [3.63, 3.8) is 0 Å². The first kappa shape index (κ1) is 16.6. The molecule has 0 aliphatic carbocycles. The van der Waals surface area contributed by atoms with Crippen LogP contribution in [0.1, 0.15) is 46.7 Å². The molecule has 0 bridgehead atoms. The molecule has 1 amide bonds. The molecule has 7 heteroatoms. The average molecular weight is 291 g/mol. The number of ether oxygens (including phenoxy) is 1. The molecule has 0 fully saturated rings. The van der Waals surface area contributed by atoms with Crippen molar-refractivity contribution in [2.24, 2.45) is 0 Å². The Labute approximate surface area is 122 Å². The van der Waals surface area contributed by atoms with Crippen LogP contribution in [0.25, 0.3) is 0 Å². The molecule has 1 aromatic heterocycles. The number of aromatic carboxylic acids is 1. The second-order valence-electron chi connectivity index (χ2n) is 4.73. The number of nitriles is 1. The molecule has 7 nitrogen and oxygen atoms in total. The molecule has 0 aromatic carbocycles. The summed E-state index contributed by atoms with van der Waals surface area (Å²) >= 11 is 0. The first-order valence-corrected chi connectivity index (χ1v) is 6.31. The van der Waals surface area contributed by atoms with Crippen molar-refractivity contribution >= 4 is 11.9 Å². The quantitative estimate of drug-likeness (QED) is 0.818. The van der Waals surface area contributed by atoms with E-state index in [2.05, 4.69) is 10.3 Å². The van der Waals surface area contributed by atoms with Gasteiger partial charge in [0.05, 0.1) is 18.2 Å². The van der Waals surface area contributed by atoms with Crippen molar-refractivity contribution in [1.82, 2.24) is 10.3 Å². The maximum Gasteiger partial charge on any atom is 0.338 e. The molecule has 112 valence electrons. The second kappa shape index (κ2) is 6.81. The highest BCUT2D eigenvalue weighted by atomic mass is 16.5. The number of nitrogens with one attached hydrogen (secondary N) is 1. The van der Waals surface area contributed by atoms with Crippen molar-refractivity contribution in [1.29, 1.82) is 5.26 Å². The summed E-state index contributed by atoms with van der Waals surface area (Å²) in [6, 6.07) is 3.32. The Bertz CT molecular complexity index is 594. The van der Waals surface area contributed by atoms with E-state index in [1.807, 2.05) is 6.07 Å². The zero-order valence-corrected chi connectivity index (χ0v) is 12.1. The summed E-state index contributed by atoms with van der Waals surface area (Å²) in [4.78, 5) is 27.3. The molecule has 1 unspecified atom stereocenters. The first-order chi connectivity index (χ1) is 9.86. The van der Waals surface area contributed by atoms with Gasteiger partial charge in [-0.15, -0.1) is 0 Å². The third-order valence-electron chi connectivity index (χ3n) is 3.04. The van der Waals surface area contributed by atoms with Crippen LogP contribution >= 0.6 is 0 Å². The highest BCUT2D eigenvalue weighted by Gasteiger charge is 2.27. The largest absolute Gasteiger partial charge is 0.478 e. The first-order valence-electron chi connectivity index (χ1n) is 6.31. The number of carboxylic acid groups (broad SMARTS) is 1. The lowest BCUT2D eigenvalue weighted by Crippen LogP contribution is -2.45. The summed E-state index contributed by atoms with van der Waals surface area (Å²) in [5.74, 6) is -1.96. The van der Waals surface area contributed by atoms with Crippen LogP contribution in [-0.2, 0) is 11.3 Å². The van der Waals surface area contributed by atoms with Crippen LogP contribution in [0.4, 0.5) is 0 Å². The van der Waals surface area contributed by atoms with Crippen molar-refractivity contribution in [2.75, 3.05) is 7.11 Å². The van der Waals surface area contributed by atoms with Gasteiger partial charge in [0.2, 0.25) is 0 Å². The maximum absolute atomic E-state index is 12.2. The van der Waals surface area contributed by atoms with Gasteiger partial charge in [-0.3, -0.25) is 4.79 Å². The zero-order valence-electron chi connectivity index (χ0n) is 12.1. The highest BCUT2D eigenvalue weighted by molar-refractivity contribution is 6.03. The van der Waals surface area contributed by atoms with E-state index in [1.165, 1.54) is 19.4 Å². The minimum Gasteiger partial charge on any atom is -0.478 e. The lowest BCUT2D eigenvalue weighted by Gasteiger charge is -2.21. The lowest BCUT2D eigenvalue weighted by molar-refractivity contribution is 0.0688. The van der Waals surface area contributed by atoms with E-state index in [0.717, 1.165) is 0 Å². The third-order valence-corrected chi connectivity index (χ3v) is 3.04. The Morgan fingerprint density at radius 1 is 1.57 bits per heavy atom. The van der Waals surface area contributed by atoms with Gasteiger partial charge in [-0.05, 0) is 25.0 Å². The summed E-state index contributed by atoms with van der Waals surface area (Å²) in [6.07, 6.45) is 1.76. The Morgan fingerprint density at radius 2 is 2.24 bits per heavy atom. The molecule has 0 saturated carbocycles. The molecule has 0 saturated heterocycles. The van der Waals surface area contributed by atoms with E-state index < -0.39 is 17.4 Å². The molecule has 0 radical (unpaired) electrons. The standard InChI is InChI=1S/C14H17N3O4/c1-4-14(2,8-15)17-12(18)11-10(13(19)20)5-9(6-16-11)7-21-3/h5-6H,4,7H2,1-3H3,(H,17,18)(H,19,20). The number of methoxy groups -OCH3 is 1. The fourth-order valence-corrected chi connectivity index (χ4v) is 1.60. The van der Waals surface area contributed by atoms with Crippen molar-refractivity contribution in [3.8, 4) is 6.07 Å².